The minimum absolute atomic E-state index is 0.103. The number of rotatable bonds is 2. The van der Waals surface area contributed by atoms with Crippen LogP contribution >= 0.6 is 0 Å². The zero-order valence-electron chi connectivity index (χ0n) is 7.58. The summed E-state index contributed by atoms with van der Waals surface area (Å²) >= 11 is 0. The summed E-state index contributed by atoms with van der Waals surface area (Å²) in [7, 11) is 0. The second-order valence-corrected chi connectivity index (χ2v) is 3.82. The summed E-state index contributed by atoms with van der Waals surface area (Å²) in [6.45, 7) is 2.11. The van der Waals surface area contributed by atoms with Crippen molar-refractivity contribution in [2.45, 2.75) is 25.2 Å². The molecule has 0 atom stereocenters. The lowest BCUT2D eigenvalue weighted by molar-refractivity contribution is 0.0998. The number of carbonyl (C=O) groups is 1. The maximum absolute atomic E-state index is 11.1. The summed E-state index contributed by atoms with van der Waals surface area (Å²) in [6, 6.07) is 3.49. The van der Waals surface area contributed by atoms with E-state index in [0.717, 1.165) is 18.5 Å². The number of hydrogen-bond donors (Lipinski definition) is 1. The standard InChI is InChI=1S/C10H12N2O/c1-10(4-5-10)8-7(9(11)13)3-2-6-12-8/h2-3,6H,4-5H2,1H3,(H2,11,13). The van der Waals surface area contributed by atoms with Gasteiger partial charge in [-0.1, -0.05) is 6.92 Å². The third-order valence-corrected chi connectivity index (χ3v) is 2.64. The van der Waals surface area contributed by atoms with Gasteiger partial charge in [0, 0.05) is 11.6 Å². The zero-order valence-corrected chi connectivity index (χ0v) is 7.58. The summed E-state index contributed by atoms with van der Waals surface area (Å²) in [4.78, 5) is 15.3. The van der Waals surface area contributed by atoms with E-state index < -0.39 is 0 Å². The van der Waals surface area contributed by atoms with Gasteiger partial charge in [-0.25, -0.2) is 0 Å². The van der Waals surface area contributed by atoms with Gasteiger partial charge >= 0.3 is 0 Å². The van der Waals surface area contributed by atoms with Crippen LogP contribution in [0, 0.1) is 0 Å². The number of amides is 1. The molecule has 13 heavy (non-hydrogen) atoms. The Morgan fingerprint density at radius 1 is 1.62 bits per heavy atom. The van der Waals surface area contributed by atoms with Crippen molar-refractivity contribution in [2.24, 2.45) is 5.73 Å². The van der Waals surface area contributed by atoms with Crippen LogP contribution in [-0.4, -0.2) is 10.9 Å². The van der Waals surface area contributed by atoms with E-state index in [2.05, 4.69) is 11.9 Å². The number of primary amides is 1. The van der Waals surface area contributed by atoms with E-state index in [4.69, 9.17) is 5.73 Å². The summed E-state index contributed by atoms with van der Waals surface area (Å²) in [6.07, 6.45) is 3.92. The highest BCUT2D eigenvalue weighted by atomic mass is 16.1. The topological polar surface area (TPSA) is 56.0 Å². The van der Waals surface area contributed by atoms with Crippen LogP contribution < -0.4 is 5.73 Å². The Morgan fingerprint density at radius 2 is 2.31 bits per heavy atom. The monoisotopic (exact) mass is 176 g/mol. The lowest BCUT2D eigenvalue weighted by atomic mass is 9.99. The fourth-order valence-electron chi connectivity index (χ4n) is 1.51. The van der Waals surface area contributed by atoms with Crippen LogP contribution in [0.3, 0.4) is 0 Å². The molecule has 2 rings (SSSR count). The van der Waals surface area contributed by atoms with Crippen LogP contribution in [0.4, 0.5) is 0 Å². The second-order valence-electron chi connectivity index (χ2n) is 3.82. The first-order chi connectivity index (χ1) is 6.13. The molecule has 3 heteroatoms. The summed E-state index contributed by atoms with van der Waals surface area (Å²) < 4.78 is 0. The first-order valence-electron chi connectivity index (χ1n) is 4.39. The Morgan fingerprint density at radius 3 is 2.85 bits per heavy atom. The molecule has 0 aromatic carbocycles. The highest BCUT2D eigenvalue weighted by Crippen LogP contribution is 2.47. The molecule has 0 radical (unpaired) electrons. The molecule has 2 N–H and O–H groups in total. The van der Waals surface area contributed by atoms with E-state index in [1.165, 1.54) is 0 Å². The van der Waals surface area contributed by atoms with E-state index in [0.29, 0.717) is 5.56 Å². The van der Waals surface area contributed by atoms with Crippen molar-refractivity contribution >= 4 is 5.91 Å². The highest BCUT2D eigenvalue weighted by molar-refractivity contribution is 5.94. The van der Waals surface area contributed by atoms with Gasteiger partial charge in [-0.05, 0) is 25.0 Å². The Bertz CT molecular complexity index is 356. The molecule has 0 spiro atoms. The second kappa shape index (κ2) is 2.55. The molecule has 0 aliphatic heterocycles. The Balaban J connectivity index is 2.50. The fraction of sp³-hybridized carbons (Fsp3) is 0.400. The normalized spacial score (nSPS) is 18.2. The molecule has 1 aromatic rings. The van der Waals surface area contributed by atoms with Crippen LogP contribution in [0.15, 0.2) is 18.3 Å². The smallest absolute Gasteiger partial charge is 0.250 e. The summed E-state index contributed by atoms with van der Waals surface area (Å²) in [5.41, 5.74) is 6.80. The maximum Gasteiger partial charge on any atom is 0.250 e. The number of pyridine rings is 1. The van der Waals surface area contributed by atoms with Crippen LogP contribution in [0.5, 0.6) is 0 Å². The molecule has 1 aliphatic rings. The molecular formula is C10H12N2O. The highest BCUT2D eigenvalue weighted by Gasteiger charge is 2.42. The Kier molecular flexibility index (Phi) is 1.62. The first-order valence-corrected chi connectivity index (χ1v) is 4.39. The Labute approximate surface area is 77.0 Å². The predicted molar refractivity (Wildman–Crippen MR) is 49.3 cm³/mol. The molecule has 1 aromatic heterocycles. The van der Waals surface area contributed by atoms with Crippen molar-refractivity contribution in [3.63, 3.8) is 0 Å². The third-order valence-electron chi connectivity index (χ3n) is 2.64. The van der Waals surface area contributed by atoms with Gasteiger partial charge < -0.3 is 5.73 Å². The van der Waals surface area contributed by atoms with Crippen molar-refractivity contribution in [1.82, 2.24) is 4.98 Å². The molecule has 0 unspecified atom stereocenters. The van der Waals surface area contributed by atoms with E-state index in [1.54, 1.807) is 18.3 Å². The predicted octanol–water partition coefficient (Wildman–Crippen LogP) is 1.23. The van der Waals surface area contributed by atoms with Gasteiger partial charge in [-0.3, -0.25) is 9.78 Å². The molecule has 1 aliphatic carbocycles. The van der Waals surface area contributed by atoms with Crippen molar-refractivity contribution in [3.05, 3.63) is 29.6 Å². The number of nitrogens with two attached hydrogens (primary N) is 1. The van der Waals surface area contributed by atoms with E-state index in [-0.39, 0.29) is 11.3 Å². The van der Waals surface area contributed by atoms with Gasteiger partial charge in [0.05, 0.1) is 11.3 Å². The minimum atomic E-state index is -0.378. The molecule has 1 fully saturated rings. The largest absolute Gasteiger partial charge is 0.366 e. The molecule has 3 nitrogen and oxygen atoms in total. The molecule has 1 amide bonds. The molecule has 0 bridgehead atoms. The van der Waals surface area contributed by atoms with Gasteiger partial charge in [0.15, 0.2) is 0 Å². The van der Waals surface area contributed by atoms with Crippen LogP contribution in [0.2, 0.25) is 0 Å². The first kappa shape index (κ1) is 8.23. The van der Waals surface area contributed by atoms with Crippen molar-refractivity contribution in [3.8, 4) is 0 Å². The quantitative estimate of drug-likeness (QED) is 0.736. The summed E-state index contributed by atoms with van der Waals surface area (Å²) in [5.74, 6) is -0.378. The molecular weight excluding hydrogens is 164 g/mol. The number of carbonyl (C=O) groups excluding carboxylic acids is 1. The third kappa shape index (κ3) is 1.30. The molecule has 1 heterocycles. The average molecular weight is 176 g/mol. The lowest BCUT2D eigenvalue weighted by Crippen LogP contribution is -2.18. The maximum atomic E-state index is 11.1. The van der Waals surface area contributed by atoms with Crippen LogP contribution in [-0.2, 0) is 5.41 Å². The van der Waals surface area contributed by atoms with Gasteiger partial charge in [-0.15, -0.1) is 0 Å². The van der Waals surface area contributed by atoms with Crippen LogP contribution in [0.25, 0.3) is 0 Å². The van der Waals surface area contributed by atoms with Gasteiger partial charge in [0.25, 0.3) is 5.91 Å². The van der Waals surface area contributed by atoms with Crippen LogP contribution in [0.1, 0.15) is 35.8 Å². The van der Waals surface area contributed by atoms with E-state index in [9.17, 15) is 4.79 Å². The van der Waals surface area contributed by atoms with E-state index in [1.807, 2.05) is 0 Å². The molecule has 68 valence electrons. The summed E-state index contributed by atoms with van der Waals surface area (Å²) in [5, 5.41) is 0. The average Bonchev–Trinajstić information content (AvgIpc) is 2.85. The molecule has 1 saturated carbocycles. The number of aromatic nitrogens is 1. The minimum Gasteiger partial charge on any atom is -0.366 e. The molecule has 0 saturated heterocycles. The zero-order chi connectivity index (χ0) is 9.47. The van der Waals surface area contributed by atoms with Crippen molar-refractivity contribution in [1.29, 1.82) is 0 Å². The van der Waals surface area contributed by atoms with Crippen molar-refractivity contribution < 1.29 is 4.79 Å². The van der Waals surface area contributed by atoms with Crippen molar-refractivity contribution in [2.75, 3.05) is 0 Å². The Hall–Kier alpha value is -1.38. The lowest BCUT2D eigenvalue weighted by Gasteiger charge is -2.10. The fourth-order valence-corrected chi connectivity index (χ4v) is 1.51. The number of hydrogen-bond acceptors (Lipinski definition) is 2. The van der Waals surface area contributed by atoms with E-state index >= 15 is 0 Å². The van der Waals surface area contributed by atoms with Gasteiger partial charge in [0.2, 0.25) is 0 Å². The SMILES string of the molecule is CC1(c2ncccc2C(N)=O)CC1. The number of nitrogens with zero attached hydrogens (tertiary/aromatic N) is 1. The van der Waals surface area contributed by atoms with Gasteiger partial charge in [0.1, 0.15) is 0 Å². The van der Waals surface area contributed by atoms with Gasteiger partial charge in [-0.2, -0.15) is 0 Å².